The first-order chi connectivity index (χ1) is 12.5. The number of anilines is 1. The molecule has 3 amide bonds. The number of carbonyl (C=O) groups excluding carboxylic acids is 2. The van der Waals surface area contributed by atoms with Crippen LogP contribution in [0.1, 0.15) is 5.56 Å². The van der Waals surface area contributed by atoms with E-state index in [1.165, 1.54) is 12.3 Å². The van der Waals surface area contributed by atoms with E-state index in [4.69, 9.17) is 23.2 Å². The molecule has 8 heteroatoms. The Morgan fingerprint density at radius 3 is 2.54 bits per heavy atom. The first-order valence-electron chi connectivity index (χ1n) is 7.58. The van der Waals surface area contributed by atoms with Crippen LogP contribution in [0.25, 0.3) is 6.08 Å². The van der Waals surface area contributed by atoms with Crippen LogP contribution in [0.15, 0.2) is 59.7 Å². The molecule has 0 saturated carbocycles. The second-order valence-electron chi connectivity index (χ2n) is 5.02. The number of hydrazone groups is 1. The van der Waals surface area contributed by atoms with Crippen molar-refractivity contribution in [2.75, 3.05) is 11.9 Å². The molecular formula is C18H16Cl2N4O2. The fourth-order valence-corrected chi connectivity index (χ4v) is 2.12. The largest absolute Gasteiger partial charge is 0.329 e. The number of halogens is 2. The van der Waals surface area contributed by atoms with Crippen molar-refractivity contribution >= 4 is 53.1 Å². The van der Waals surface area contributed by atoms with Crippen molar-refractivity contribution in [2.24, 2.45) is 5.10 Å². The number of carbonyl (C=O) groups is 2. The minimum atomic E-state index is -0.550. The summed E-state index contributed by atoms with van der Waals surface area (Å²) in [6.07, 6.45) is 4.99. The fourth-order valence-electron chi connectivity index (χ4n) is 1.82. The lowest BCUT2D eigenvalue weighted by atomic mass is 10.2. The molecule has 0 aromatic heterocycles. The quantitative estimate of drug-likeness (QED) is 0.515. The molecule has 0 aliphatic rings. The summed E-state index contributed by atoms with van der Waals surface area (Å²) in [5.74, 6) is -0.460. The van der Waals surface area contributed by atoms with Gasteiger partial charge in [-0.05, 0) is 29.8 Å². The van der Waals surface area contributed by atoms with E-state index >= 15 is 0 Å². The van der Waals surface area contributed by atoms with Gasteiger partial charge in [0, 0.05) is 11.9 Å². The summed E-state index contributed by atoms with van der Waals surface area (Å²) < 4.78 is 0. The maximum atomic E-state index is 11.7. The molecule has 134 valence electrons. The van der Waals surface area contributed by atoms with Crippen LogP contribution in [0.4, 0.5) is 10.5 Å². The maximum absolute atomic E-state index is 11.7. The van der Waals surface area contributed by atoms with Crippen LogP contribution in [0.3, 0.4) is 0 Å². The van der Waals surface area contributed by atoms with Crippen LogP contribution in [0.2, 0.25) is 10.0 Å². The van der Waals surface area contributed by atoms with Gasteiger partial charge in [-0.3, -0.25) is 4.79 Å². The van der Waals surface area contributed by atoms with Crippen LogP contribution >= 0.6 is 23.2 Å². The Bertz CT molecular complexity index is 823. The molecule has 0 spiro atoms. The summed E-state index contributed by atoms with van der Waals surface area (Å²) in [5, 5.41) is 9.40. The molecular weight excluding hydrogens is 375 g/mol. The normalized spacial score (nSPS) is 10.8. The third-order valence-corrected chi connectivity index (χ3v) is 3.76. The number of allylic oxidation sites excluding steroid dienone is 1. The molecule has 0 heterocycles. The first-order valence-corrected chi connectivity index (χ1v) is 8.34. The third kappa shape index (κ3) is 6.96. The van der Waals surface area contributed by atoms with Crippen molar-refractivity contribution in [1.82, 2.24) is 10.7 Å². The predicted molar refractivity (Wildman–Crippen MR) is 106 cm³/mol. The molecule has 3 N–H and O–H groups in total. The highest BCUT2D eigenvalue weighted by Gasteiger charge is 2.06. The average Bonchev–Trinajstić information content (AvgIpc) is 2.64. The molecule has 0 radical (unpaired) electrons. The third-order valence-electron chi connectivity index (χ3n) is 3.03. The van der Waals surface area contributed by atoms with E-state index in [1.807, 2.05) is 36.4 Å². The minimum Gasteiger partial charge on any atom is -0.329 e. The van der Waals surface area contributed by atoms with Crippen molar-refractivity contribution in [3.63, 3.8) is 0 Å². The van der Waals surface area contributed by atoms with E-state index in [0.717, 1.165) is 5.56 Å². The van der Waals surface area contributed by atoms with Crippen LogP contribution < -0.4 is 16.1 Å². The van der Waals surface area contributed by atoms with Gasteiger partial charge >= 0.3 is 6.03 Å². The Labute approximate surface area is 160 Å². The van der Waals surface area contributed by atoms with Crippen LogP contribution in [-0.4, -0.2) is 24.7 Å². The van der Waals surface area contributed by atoms with Gasteiger partial charge in [0.05, 0.1) is 10.0 Å². The Kier molecular flexibility index (Phi) is 7.67. The van der Waals surface area contributed by atoms with Crippen molar-refractivity contribution in [3.8, 4) is 0 Å². The number of nitrogens with zero attached hydrogens (tertiary/aromatic N) is 1. The zero-order valence-electron chi connectivity index (χ0n) is 13.6. The molecule has 0 bridgehead atoms. The lowest BCUT2D eigenvalue weighted by molar-refractivity contribution is -0.120. The molecule has 0 atom stereocenters. The van der Waals surface area contributed by atoms with Crippen LogP contribution in [-0.2, 0) is 4.79 Å². The lowest BCUT2D eigenvalue weighted by Crippen LogP contribution is -2.37. The molecule has 0 aliphatic carbocycles. The maximum Gasteiger partial charge on any atom is 0.319 e. The highest BCUT2D eigenvalue weighted by molar-refractivity contribution is 6.42. The molecule has 0 unspecified atom stereocenters. The van der Waals surface area contributed by atoms with Gasteiger partial charge in [0.2, 0.25) is 0 Å². The zero-order valence-corrected chi connectivity index (χ0v) is 15.1. The summed E-state index contributed by atoms with van der Waals surface area (Å²) in [6, 6.07) is 13.8. The minimum absolute atomic E-state index is 0.229. The number of hydrogen-bond donors (Lipinski definition) is 3. The molecule has 0 saturated heterocycles. The van der Waals surface area contributed by atoms with Crippen molar-refractivity contribution in [2.45, 2.75) is 0 Å². The second-order valence-corrected chi connectivity index (χ2v) is 5.83. The Morgan fingerprint density at radius 1 is 1.04 bits per heavy atom. The summed E-state index contributed by atoms with van der Waals surface area (Å²) in [4.78, 5) is 23.3. The molecule has 6 nitrogen and oxygen atoms in total. The van der Waals surface area contributed by atoms with E-state index in [-0.39, 0.29) is 6.54 Å². The van der Waals surface area contributed by atoms with Crippen LogP contribution in [0, 0.1) is 0 Å². The van der Waals surface area contributed by atoms with Gasteiger partial charge in [0.25, 0.3) is 5.91 Å². The Balaban J connectivity index is 1.69. The van der Waals surface area contributed by atoms with Crippen molar-refractivity contribution in [1.29, 1.82) is 0 Å². The number of amides is 3. The summed E-state index contributed by atoms with van der Waals surface area (Å²) in [7, 11) is 0. The summed E-state index contributed by atoms with van der Waals surface area (Å²) in [6.45, 7) is -0.229. The Morgan fingerprint density at radius 2 is 1.81 bits per heavy atom. The molecule has 0 aliphatic heterocycles. The summed E-state index contributed by atoms with van der Waals surface area (Å²) >= 11 is 11.7. The monoisotopic (exact) mass is 390 g/mol. The molecule has 2 aromatic rings. The van der Waals surface area contributed by atoms with E-state index in [2.05, 4.69) is 21.2 Å². The Hall–Kier alpha value is -2.83. The number of benzene rings is 2. The molecule has 2 aromatic carbocycles. The van der Waals surface area contributed by atoms with Gasteiger partial charge in [-0.15, -0.1) is 0 Å². The fraction of sp³-hybridized carbons (Fsp3) is 0.0556. The van der Waals surface area contributed by atoms with Crippen LogP contribution in [0.5, 0.6) is 0 Å². The lowest BCUT2D eigenvalue weighted by Gasteiger charge is -2.07. The zero-order chi connectivity index (χ0) is 18.8. The van der Waals surface area contributed by atoms with Gasteiger partial charge in [-0.2, -0.15) is 5.10 Å². The molecule has 2 rings (SSSR count). The van der Waals surface area contributed by atoms with E-state index in [1.54, 1.807) is 18.2 Å². The van der Waals surface area contributed by atoms with E-state index < -0.39 is 11.9 Å². The second kappa shape index (κ2) is 10.2. The highest BCUT2D eigenvalue weighted by atomic mass is 35.5. The number of nitrogens with one attached hydrogen (secondary N) is 3. The average molecular weight is 391 g/mol. The van der Waals surface area contributed by atoms with Crippen molar-refractivity contribution < 1.29 is 9.59 Å². The van der Waals surface area contributed by atoms with Gasteiger partial charge < -0.3 is 10.6 Å². The highest BCUT2D eigenvalue weighted by Crippen LogP contribution is 2.24. The van der Waals surface area contributed by atoms with E-state index in [0.29, 0.717) is 15.7 Å². The number of urea groups is 1. The first kappa shape index (κ1) is 19.5. The predicted octanol–water partition coefficient (Wildman–Crippen LogP) is 3.93. The molecule has 0 fully saturated rings. The molecule has 26 heavy (non-hydrogen) atoms. The van der Waals surface area contributed by atoms with E-state index in [9.17, 15) is 9.59 Å². The standard InChI is InChI=1S/C18H16Cl2N4O2/c19-15-9-8-14(11-16(15)20)23-18(26)21-12-17(25)24-22-10-4-7-13-5-2-1-3-6-13/h1-11H,12H2,(H,24,25)(H2,21,23,26)/b7-4+,22-10+. The summed E-state index contributed by atoms with van der Waals surface area (Å²) in [5.41, 5.74) is 3.78. The SMILES string of the molecule is O=C(CNC(=O)Nc1ccc(Cl)c(Cl)c1)N/N=C/C=C/c1ccccc1. The smallest absolute Gasteiger partial charge is 0.319 e. The number of hydrogen-bond acceptors (Lipinski definition) is 3. The number of rotatable bonds is 6. The van der Waals surface area contributed by atoms with Gasteiger partial charge in [0.15, 0.2) is 0 Å². The topological polar surface area (TPSA) is 82.6 Å². The van der Waals surface area contributed by atoms with Crippen molar-refractivity contribution in [3.05, 3.63) is 70.2 Å². The van der Waals surface area contributed by atoms with Gasteiger partial charge in [0.1, 0.15) is 6.54 Å². The van der Waals surface area contributed by atoms with Gasteiger partial charge in [-0.25, -0.2) is 10.2 Å². The van der Waals surface area contributed by atoms with Gasteiger partial charge in [-0.1, -0.05) is 59.6 Å².